The first-order chi connectivity index (χ1) is 14.0. The Kier molecular flexibility index (Phi) is 6.24. The highest BCUT2D eigenvalue weighted by molar-refractivity contribution is 6.05. The quantitative estimate of drug-likeness (QED) is 0.581. The highest BCUT2D eigenvalue weighted by Gasteiger charge is 2.14. The number of ether oxygens (including phenoxy) is 1. The lowest BCUT2D eigenvalue weighted by Crippen LogP contribution is -2.14. The third-order valence-corrected chi connectivity index (χ3v) is 4.45. The summed E-state index contributed by atoms with van der Waals surface area (Å²) >= 11 is 0. The van der Waals surface area contributed by atoms with Crippen LogP contribution in [0.4, 0.5) is 17.2 Å². The Hall–Kier alpha value is -3.67. The fourth-order valence-corrected chi connectivity index (χ4v) is 2.97. The van der Waals surface area contributed by atoms with Crippen LogP contribution >= 0.6 is 0 Å². The monoisotopic (exact) mass is 389 g/mol. The van der Waals surface area contributed by atoms with Gasteiger partial charge in [0.1, 0.15) is 5.82 Å². The second-order valence-corrected chi connectivity index (χ2v) is 6.79. The first kappa shape index (κ1) is 20.1. The van der Waals surface area contributed by atoms with Crippen molar-refractivity contribution < 1.29 is 14.3 Å². The van der Waals surface area contributed by atoms with Crippen LogP contribution < -0.4 is 10.6 Å². The molecule has 0 aliphatic rings. The zero-order valence-corrected chi connectivity index (χ0v) is 16.6. The molecule has 0 atom stereocenters. The minimum atomic E-state index is -0.452. The Balaban J connectivity index is 1.82. The van der Waals surface area contributed by atoms with E-state index in [9.17, 15) is 9.59 Å². The number of aromatic nitrogens is 1. The molecule has 0 saturated carbocycles. The molecule has 0 aliphatic carbocycles. The fraction of sp³-hybridized carbons (Fsp3) is 0.174. The summed E-state index contributed by atoms with van der Waals surface area (Å²) in [6.45, 7) is 4.16. The van der Waals surface area contributed by atoms with Crippen LogP contribution in [0.1, 0.15) is 46.0 Å². The molecular weight excluding hydrogens is 366 g/mol. The molecular formula is C23H23N3O3. The second-order valence-electron chi connectivity index (χ2n) is 6.79. The number of nitrogens with zero attached hydrogens (tertiary/aromatic N) is 1. The molecule has 0 aliphatic heterocycles. The van der Waals surface area contributed by atoms with Crippen molar-refractivity contribution in [2.24, 2.45) is 0 Å². The summed E-state index contributed by atoms with van der Waals surface area (Å²) in [4.78, 5) is 29.0. The van der Waals surface area contributed by atoms with E-state index in [2.05, 4.69) is 29.5 Å². The Morgan fingerprint density at radius 2 is 1.66 bits per heavy atom. The third-order valence-electron chi connectivity index (χ3n) is 4.45. The molecule has 0 fully saturated rings. The maximum absolute atomic E-state index is 12.8. The molecule has 29 heavy (non-hydrogen) atoms. The molecule has 1 aromatic heterocycles. The molecule has 2 aromatic carbocycles. The number of para-hydroxylation sites is 2. The molecule has 0 bridgehead atoms. The van der Waals surface area contributed by atoms with E-state index >= 15 is 0 Å². The molecule has 0 spiro atoms. The number of hydrogen-bond donors (Lipinski definition) is 2. The van der Waals surface area contributed by atoms with Crippen LogP contribution in [-0.4, -0.2) is 24.0 Å². The lowest BCUT2D eigenvalue weighted by Gasteiger charge is -2.14. The molecule has 2 N–H and O–H groups in total. The zero-order chi connectivity index (χ0) is 20.8. The number of hydrogen-bond acceptors (Lipinski definition) is 5. The number of carbonyl (C=O) groups excluding carboxylic acids is 2. The van der Waals surface area contributed by atoms with E-state index in [0.29, 0.717) is 22.6 Å². The number of benzene rings is 2. The first-order valence-corrected chi connectivity index (χ1v) is 9.30. The zero-order valence-electron chi connectivity index (χ0n) is 16.6. The molecule has 148 valence electrons. The van der Waals surface area contributed by atoms with E-state index in [-0.39, 0.29) is 11.8 Å². The summed E-state index contributed by atoms with van der Waals surface area (Å²) in [5, 5.41) is 6.05. The smallest absolute Gasteiger partial charge is 0.339 e. The number of amides is 1. The van der Waals surface area contributed by atoms with Gasteiger partial charge in [0.05, 0.1) is 18.4 Å². The Bertz CT molecular complexity index is 1030. The Morgan fingerprint density at radius 1 is 0.966 bits per heavy atom. The van der Waals surface area contributed by atoms with Crippen molar-refractivity contribution in [2.75, 3.05) is 17.7 Å². The molecule has 1 heterocycles. The molecule has 3 rings (SSSR count). The van der Waals surface area contributed by atoms with Gasteiger partial charge in [0.15, 0.2) is 0 Å². The number of nitrogens with one attached hydrogen (secondary N) is 2. The van der Waals surface area contributed by atoms with Gasteiger partial charge in [-0.15, -0.1) is 0 Å². The molecule has 6 heteroatoms. The van der Waals surface area contributed by atoms with Gasteiger partial charge >= 0.3 is 5.97 Å². The van der Waals surface area contributed by atoms with Crippen molar-refractivity contribution in [1.29, 1.82) is 0 Å². The van der Waals surface area contributed by atoms with E-state index < -0.39 is 5.97 Å². The van der Waals surface area contributed by atoms with E-state index in [1.807, 2.05) is 24.3 Å². The van der Waals surface area contributed by atoms with E-state index in [4.69, 9.17) is 4.74 Å². The van der Waals surface area contributed by atoms with E-state index in [1.165, 1.54) is 7.11 Å². The maximum atomic E-state index is 12.8. The van der Waals surface area contributed by atoms with Crippen LogP contribution in [0.15, 0.2) is 66.9 Å². The van der Waals surface area contributed by atoms with E-state index in [0.717, 1.165) is 11.3 Å². The van der Waals surface area contributed by atoms with Gasteiger partial charge < -0.3 is 15.4 Å². The third kappa shape index (κ3) is 4.79. The maximum Gasteiger partial charge on any atom is 0.339 e. The van der Waals surface area contributed by atoms with Crippen LogP contribution in [0.5, 0.6) is 0 Å². The average molecular weight is 389 g/mol. The fourth-order valence-electron chi connectivity index (χ4n) is 2.97. The molecule has 3 aromatic rings. The Labute approximate surface area is 169 Å². The lowest BCUT2D eigenvalue weighted by molar-refractivity contribution is 0.0601. The van der Waals surface area contributed by atoms with Crippen molar-refractivity contribution in [3.8, 4) is 0 Å². The van der Waals surface area contributed by atoms with Gasteiger partial charge in [-0.3, -0.25) is 4.79 Å². The van der Waals surface area contributed by atoms with Gasteiger partial charge in [-0.25, -0.2) is 9.78 Å². The van der Waals surface area contributed by atoms with Gasteiger partial charge in [-0.05, 0) is 41.8 Å². The number of anilines is 3. The first-order valence-electron chi connectivity index (χ1n) is 9.30. The number of rotatable bonds is 6. The largest absolute Gasteiger partial charge is 0.465 e. The van der Waals surface area contributed by atoms with Gasteiger partial charge in [-0.1, -0.05) is 44.2 Å². The molecule has 0 radical (unpaired) electrons. The SMILES string of the molecule is COC(=O)c1ccccc1Nc1cc(C(=O)Nc2ccccc2C(C)C)ccn1. The van der Waals surface area contributed by atoms with Crippen LogP contribution in [0.3, 0.4) is 0 Å². The van der Waals surface area contributed by atoms with Gasteiger partial charge in [-0.2, -0.15) is 0 Å². The van der Waals surface area contributed by atoms with Gasteiger partial charge in [0, 0.05) is 17.4 Å². The van der Waals surface area contributed by atoms with Crippen molar-refractivity contribution in [1.82, 2.24) is 4.98 Å². The number of esters is 1. The summed E-state index contributed by atoms with van der Waals surface area (Å²) in [5.41, 5.74) is 3.25. The van der Waals surface area contributed by atoms with Gasteiger partial charge in [0.25, 0.3) is 5.91 Å². The second kappa shape index (κ2) is 9.01. The van der Waals surface area contributed by atoms with Crippen LogP contribution in [-0.2, 0) is 4.74 Å². The molecule has 0 unspecified atom stereocenters. The summed E-state index contributed by atoms with van der Waals surface area (Å²) in [6, 6.07) is 18.0. The van der Waals surface area contributed by atoms with Crippen LogP contribution in [0, 0.1) is 0 Å². The predicted octanol–water partition coefficient (Wildman–Crippen LogP) is 4.99. The van der Waals surface area contributed by atoms with E-state index in [1.54, 1.807) is 42.6 Å². The lowest BCUT2D eigenvalue weighted by atomic mass is 10.0. The minimum absolute atomic E-state index is 0.232. The summed E-state index contributed by atoms with van der Waals surface area (Å²) in [7, 11) is 1.33. The van der Waals surface area contributed by atoms with Crippen molar-refractivity contribution >= 4 is 29.1 Å². The topological polar surface area (TPSA) is 80.3 Å². The Morgan fingerprint density at radius 3 is 2.38 bits per heavy atom. The molecule has 6 nitrogen and oxygen atoms in total. The van der Waals surface area contributed by atoms with Crippen molar-refractivity contribution in [3.05, 3.63) is 83.6 Å². The average Bonchev–Trinajstić information content (AvgIpc) is 2.74. The summed E-state index contributed by atoms with van der Waals surface area (Å²) in [5.74, 6) is 0.0548. The normalized spacial score (nSPS) is 10.5. The van der Waals surface area contributed by atoms with Gasteiger partial charge in [0.2, 0.25) is 0 Å². The van der Waals surface area contributed by atoms with Crippen LogP contribution in [0.25, 0.3) is 0 Å². The van der Waals surface area contributed by atoms with Crippen LogP contribution in [0.2, 0.25) is 0 Å². The number of carbonyl (C=O) groups is 2. The van der Waals surface area contributed by atoms with Crippen molar-refractivity contribution in [3.63, 3.8) is 0 Å². The summed E-state index contributed by atoms with van der Waals surface area (Å²) in [6.07, 6.45) is 1.55. The van der Waals surface area contributed by atoms with Crippen molar-refractivity contribution in [2.45, 2.75) is 19.8 Å². The molecule has 0 saturated heterocycles. The highest BCUT2D eigenvalue weighted by atomic mass is 16.5. The number of pyridine rings is 1. The standard InChI is InChI=1S/C23H23N3O3/c1-15(2)17-8-4-6-10-19(17)26-22(27)16-12-13-24-21(14-16)25-20-11-7-5-9-18(20)23(28)29-3/h4-15H,1-3H3,(H,24,25)(H,26,27). The number of methoxy groups -OCH3 is 1. The molecule has 1 amide bonds. The predicted molar refractivity (Wildman–Crippen MR) is 114 cm³/mol. The summed E-state index contributed by atoms with van der Waals surface area (Å²) < 4.78 is 4.81. The minimum Gasteiger partial charge on any atom is -0.465 e. The highest BCUT2D eigenvalue weighted by Crippen LogP contribution is 2.25.